The van der Waals surface area contributed by atoms with Gasteiger partial charge in [0.1, 0.15) is 11.5 Å². The molecule has 4 rings (SSSR count). The lowest BCUT2D eigenvalue weighted by Crippen LogP contribution is -2.15. The third kappa shape index (κ3) is 2.70. The molecule has 2 aromatic rings. The van der Waals surface area contributed by atoms with E-state index in [2.05, 4.69) is 19.6 Å². The Morgan fingerprint density at radius 2 is 1.75 bits per heavy atom. The number of hydrogen-bond donors (Lipinski definition) is 0. The largest absolute Gasteiger partial charge is 0.513 e. The molecule has 144 valence electrons. The van der Waals surface area contributed by atoms with Gasteiger partial charge in [-0.15, -0.1) is 0 Å². The molecule has 0 spiro atoms. The second-order valence-corrected chi connectivity index (χ2v) is 7.25. The number of methoxy groups -OCH3 is 1. The van der Waals surface area contributed by atoms with Crippen LogP contribution >= 0.6 is 0 Å². The standard InChI is InChI=1S/C23H22O5/c1-5-13-10-14-11-17(13)19-18(14)20(28-23(25)26-4)15-8-6-7-9-16(15)21(19)27-22(24)12(2)3/h6-10,14,17H,2,5,11H2,1,3-4H3. The summed E-state index contributed by atoms with van der Waals surface area (Å²) < 4.78 is 16.2. The summed E-state index contributed by atoms with van der Waals surface area (Å²) in [4.78, 5) is 24.3. The minimum atomic E-state index is -0.762. The van der Waals surface area contributed by atoms with Crippen LogP contribution in [0.1, 0.15) is 49.7 Å². The molecule has 0 saturated heterocycles. The molecule has 0 aromatic heterocycles. The molecule has 28 heavy (non-hydrogen) atoms. The van der Waals surface area contributed by atoms with E-state index in [0.29, 0.717) is 17.1 Å². The second-order valence-electron chi connectivity index (χ2n) is 7.25. The Bertz CT molecular complexity index is 1050. The van der Waals surface area contributed by atoms with Crippen molar-refractivity contribution in [3.05, 3.63) is 59.2 Å². The molecule has 2 aromatic carbocycles. The molecule has 5 nitrogen and oxygen atoms in total. The van der Waals surface area contributed by atoms with Crippen molar-refractivity contribution >= 4 is 22.9 Å². The first-order valence-electron chi connectivity index (χ1n) is 9.38. The molecule has 0 N–H and O–H groups in total. The van der Waals surface area contributed by atoms with Crippen LogP contribution in [0.4, 0.5) is 4.79 Å². The number of hydrogen-bond acceptors (Lipinski definition) is 5. The maximum Gasteiger partial charge on any atom is 0.513 e. The number of esters is 1. The fourth-order valence-corrected chi connectivity index (χ4v) is 4.37. The van der Waals surface area contributed by atoms with Gasteiger partial charge in [-0.25, -0.2) is 9.59 Å². The number of rotatable bonds is 4. The molecule has 2 atom stereocenters. The molecule has 2 aliphatic rings. The summed E-state index contributed by atoms with van der Waals surface area (Å²) in [6.45, 7) is 7.45. The highest BCUT2D eigenvalue weighted by atomic mass is 16.7. The van der Waals surface area contributed by atoms with Crippen LogP contribution in [0.15, 0.2) is 48.1 Å². The highest BCUT2D eigenvalue weighted by molar-refractivity contribution is 6.01. The van der Waals surface area contributed by atoms with Crippen LogP contribution in [0, 0.1) is 0 Å². The van der Waals surface area contributed by atoms with Crippen LogP contribution in [0.3, 0.4) is 0 Å². The van der Waals surface area contributed by atoms with E-state index >= 15 is 0 Å². The first-order chi connectivity index (χ1) is 13.5. The highest BCUT2D eigenvalue weighted by Crippen LogP contribution is 2.61. The van der Waals surface area contributed by atoms with Crippen LogP contribution in [0.25, 0.3) is 10.8 Å². The Morgan fingerprint density at radius 3 is 2.32 bits per heavy atom. The third-order valence-electron chi connectivity index (χ3n) is 5.57. The SMILES string of the molecule is C=C(C)C(=O)Oc1c2c(c(OC(=O)OC)c3ccccc13)C1C=C(CC)C2C1. The van der Waals surface area contributed by atoms with Crippen molar-refractivity contribution in [3.8, 4) is 11.5 Å². The fourth-order valence-electron chi connectivity index (χ4n) is 4.37. The first kappa shape index (κ1) is 18.3. The van der Waals surface area contributed by atoms with Crippen molar-refractivity contribution in [2.75, 3.05) is 7.11 Å². The van der Waals surface area contributed by atoms with E-state index in [4.69, 9.17) is 14.2 Å². The van der Waals surface area contributed by atoms with Crippen LogP contribution in [-0.4, -0.2) is 19.2 Å². The Labute approximate surface area is 163 Å². The molecular weight excluding hydrogens is 356 g/mol. The van der Waals surface area contributed by atoms with Gasteiger partial charge >= 0.3 is 12.1 Å². The monoisotopic (exact) mass is 378 g/mol. The average molecular weight is 378 g/mol. The molecule has 0 fully saturated rings. The Kier molecular flexibility index (Phi) is 4.46. The summed E-state index contributed by atoms with van der Waals surface area (Å²) >= 11 is 0. The third-order valence-corrected chi connectivity index (χ3v) is 5.57. The predicted molar refractivity (Wildman–Crippen MR) is 106 cm³/mol. The van der Waals surface area contributed by atoms with E-state index in [1.54, 1.807) is 6.92 Å². The van der Waals surface area contributed by atoms with Crippen LogP contribution in [-0.2, 0) is 9.53 Å². The van der Waals surface area contributed by atoms with Gasteiger partial charge in [0.15, 0.2) is 0 Å². The van der Waals surface area contributed by atoms with E-state index in [0.717, 1.165) is 34.7 Å². The summed E-state index contributed by atoms with van der Waals surface area (Å²) in [5.41, 5.74) is 3.51. The molecule has 2 aliphatic carbocycles. The van der Waals surface area contributed by atoms with Gasteiger partial charge in [-0.05, 0) is 19.8 Å². The van der Waals surface area contributed by atoms with Crippen LogP contribution in [0.5, 0.6) is 11.5 Å². The lowest BCUT2D eigenvalue weighted by molar-refractivity contribution is -0.130. The number of carbonyl (C=O) groups excluding carboxylic acids is 2. The zero-order valence-corrected chi connectivity index (χ0v) is 16.2. The van der Waals surface area contributed by atoms with Gasteiger partial charge in [-0.2, -0.15) is 0 Å². The summed E-state index contributed by atoms with van der Waals surface area (Å²) in [6.07, 6.45) is 3.30. The minimum absolute atomic E-state index is 0.126. The molecule has 0 heterocycles. The molecule has 0 radical (unpaired) electrons. The summed E-state index contributed by atoms with van der Waals surface area (Å²) in [5, 5.41) is 1.45. The number of ether oxygens (including phenoxy) is 3. The summed E-state index contributed by atoms with van der Waals surface area (Å²) in [7, 11) is 1.29. The lowest BCUT2D eigenvalue weighted by atomic mass is 9.86. The van der Waals surface area contributed by atoms with Crippen molar-refractivity contribution < 1.29 is 23.8 Å². The molecule has 0 amide bonds. The van der Waals surface area contributed by atoms with Crippen molar-refractivity contribution in [2.45, 2.75) is 38.5 Å². The van der Waals surface area contributed by atoms with Crippen LogP contribution < -0.4 is 9.47 Å². The molecule has 2 unspecified atom stereocenters. The smallest absolute Gasteiger partial charge is 0.437 e. The number of carbonyl (C=O) groups is 2. The maximum atomic E-state index is 12.4. The van der Waals surface area contributed by atoms with Gasteiger partial charge in [-0.3, -0.25) is 0 Å². The van der Waals surface area contributed by atoms with Crippen molar-refractivity contribution in [1.82, 2.24) is 0 Å². The van der Waals surface area contributed by atoms with Gasteiger partial charge in [0.05, 0.1) is 7.11 Å². The number of fused-ring (bicyclic) bond motifs is 6. The Morgan fingerprint density at radius 1 is 1.11 bits per heavy atom. The topological polar surface area (TPSA) is 61.8 Å². The van der Waals surface area contributed by atoms with Crippen molar-refractivity contribution in [1.29, 1.82) is 0 Å². The summed E-state index contributed by atoms with van der Waals surface area (Å²) in [5.74, 6) is 0.858. The normalized spacial score (nSPS) is 19.2. The molecular formula is C23H22O5. The fraction of sp³-hybridized carbons (Fsp3) is 0.304. The van der Waals surface area contributed by atoms with E-state index in [-0.39, 0.29) is 11.8 Å². The maximum absolute atomic E-state index is 12.4. The zero-order valence-electron chi connectivity index (χ0n) is 16.2. The van der Waals surface area contributed by atoms with Gasteiger partial charge in [-0.1, -0.05) is 49.4 Å². The van der Waals surface area contributed by atoms with E-state index in [1.807, 2.05) is 24.3 Å². The van der Waals surface area contributed by atoms with Gasteiger partial charge < -0.3 is 14.2 Å². The Balaban J connectivity index is 2.01. The average Bonchev–Trinajstić information content (AvgIpc) is 3.28. The molecule has 5 heteroatoms. The Hall–Kier alpha value is -3.08. The van der Waals surface area contributed by atoms with Crippen molar-refractivity contribution in [3.63, 3.8) is 0 Å². The molecule has 2 bridgehead atoms. The minimum Gasteiger partial charge on any atom is -0.437 e. The molecule has 0 saturated carbocycles. The number of allylic oxidation sites excluding steroid dienone is 2. The zero-order chi connectivity index (χ0) is 20.0. The number of benzene rings is 2. The van der Waals surface area contributed by atoms with E-state index in [9.17, 15) is 9.59 Å². The first-order valence-corrected chi connectivity index (χ1v) is 9.38. The van der Waals surface area contributed by atoms with Crippen molar-refractivity contribution in [2.24, 2.45) is 0 Å². The van der Waals surface area contributed by atoms with Gasteiger partial charge in [0, 0.05) is 39.3 Å². The quantitative estimate of drug-likeness (QED) is 0.235. The van der Waals surface area contributed by atoms with E-state index < -0.39 is 12.1 Å². The molecule has 0 aliphatic heterocycles. The lowest BCUT2D eigenvalue weighted by Gasteiger charge is -2.24. The predicted octanol–water partition coefficient (Wildman–Crippen LogP) is 5.39. The highest BCUT2D eigenvalue weighted by Gasteiger charge is 2.43. The summed E-state index contributed by atoms with van der Waals surface area (Å²) in [6, 6.07) is 7.48. The van der Waals surface area contributed by atoms with Gasteiger partial charge in [0.25, 0.3) is 0 Å². The van der Waals surface area contributed by atoms with Gasteiger partial charge in [0.2, 0.25) is 0 Å². The van der Waals surface area contributed by atoms with Crippen LogP contribution in [0.2, 0.25) is 0 Å². The second kappa shape index (κ2) is 6.82. The van der Waals surface area contributed by atoms with E-state index in [1.165, 1.54) is 12.7 Å².